The van der Waals surface area contributed by atoms with Crippen LogP contribution in [0.15, 0.2) is 10.6 Å². The number of rotatable bonds is 5. The Bertz CT molecular complexity index is 671. The molecule has 0 aliphatic heterocycles. The van der Waals surface area contributed by atoms with E-state index in [0.29, 0.717) is 23.4 Å². The fraction of sp³-hybridized carbons (Fsp3) is 0.625. The van der Waals surface area contributed by atoms with Crippen LogP contribution in [-0.4, -0.2) is 31.9 Å². The second kappa shape index (κ2) is 6.52. The lowest BCUT2D eigenvalue weighted by atomic mass is 10.0. The fourth-order valence-corrected chi connectivity index (χ4v) is 3.28. The largest absolute Gasteiger partial charge is 0.425 e. The predicted molar refractivity (Wildman–Crippen MR) is 83.9 cm³/mol. The van der Waals surface area contributed by atoms with E-state index >= 15 is 0 Å². The van der Waals surface area contributed by atoms with E-state index in [9.17, 15) is 4.79 Å². The Labute approximate surface area is 135 Å². The molecule has 1 saturated carbocycles. The minimum absolute atomic E-state index is 0.0424. The van der Waals surface area contributed by atoms with Gasteiger partial charge in [-0.1, -0.05) is 6.92 Å². The van der Waals surface area contributed by atoms with Crippen molar-refractivity contribution in [1.29, 1.82) is 0 Å². The Hall–Kier alpha value is -2.18. The topological polar surface area (TPSA) is 85.8 Å². The molecule has 7 nitrogen and oxygen atoms in total. The van der Waals surface area contributed by atoms with Crippen molar-refractivity contribution in [2.24, 2.45) is 13.0 Å². The van der Waals surface area contributed by atoms with E-state index in [-0.39, 0.29) is 11.9 Å². The summed E-state index contributed by atoms with van der Waals surface area (Å²) in [6.45, 7) is 3.90. The molecule has 0 spiro atoms. The highest BCUT2D eigenvalue weighted by Gasteiger charge is 2.28. The average Bonchev–Trinajstić information content (AvgIpc) is 3.21. The molecule has 0 aromatic carbocycles. The number of aryl methyl sites for hydroxylation is 3. The number of carbonyl (C=O) groups excluding carboxylic acids is 1. The van der Waals surface area contributed by atoms with Crippen LogP contribution in [0.2, 0.25) is 0 Å². The number of hydrogen-bond acceptors (Lipinski definition) is 5. The number of nitrogens with one attached hydrogen (secondary N) is 1. The molecule has 2 atom stereocenters. The van der Waals surface area contributed by atoms with Crippen molar-refractivity contribution in [3.05, 3.63) is 29.2 Å². The van der Waals surface area contributed by atoms with E-state index < -0.39 is 0 Å². The number of aromatic nitrogens is 4. The monoisotopic (exact) mass is 317 g/mol. The Balaban J connectivity index is 1.54. The van der Waals surface area contributed by atoms with Gasteiger partial charge >= 0.3 is 0 Å². The molecule has 0 unspecified atom stereocenters. The summed E-state index contributed by atoms with van der Waals surface area (Å²) in [4.78, 5) is 12.4. The van der Waals surface area contributed by atoms with Crippen LogP contribution in [0.25, 0.3) is 0 Å². The summed E-state index contributed by atoms with van der Waals surface area (Å²) >= 11 is 0. The lowest BCUT2D eigenvalue weighted by molar-refractivity contribution is 0.0927. The van der Waals surface area contributed by atoms with Crippen molar-refractivity contribution in [2.75, 3.05) is 0 Å². The van der Waals surface area contributed by atoms with Crippen molar-refractivity contribution < 1.29 is 9.21 Å². The molecule has 1 aliphatic rings. The van der Waals surface area contributed by atoms with Crippen molar-refractivity contribution >= 4 is 5.91 Å². The third kappa shape index (κ3) is 3.43. The first kappa shape index (κ1) is 15.7. The van der Waals surface area contributed by atoms with Gasteiger partial charge in [0.1, 0.15) is 5.69 Å². The molecule has 1 aliphatic carbocycles. The van der Waals surface area contributed by atoms with Crippen LogP contribution >= 0.6 is 0 Å². The van der Waals surface area contributed by atoms with Gasteiger partial charge in [-0.05, 0) is 37.7 Å². The van der Waals surface area contributed by atoms with Crippen LogP contribution in [0.1, 0.15) is 54.0 Å². The normalized spacial score (nSPS) is 20.8. The van der Waals surface area contributed by atoms with Crippen LogP contribution in [-0.2, 0) is 19.9 Å². The highest BCUT2D eigenvalue weighted by atomic mass is 16.4. The van der Waals surface area contributed by atoms with Gasteiger partial charge in [0.15, 0.2) is 0 Å². The molecule has 2 aromatic heterocycles. The molecule has 23 heavy (non-hydrogen) atoms. The number of carbonyl (C=O) groups is 1. The summed E-state index contributed by atoms with van der Waals surface area (Å²) < 4.78 is 7.21. The second-order valence-corrected chi connectivity index (χ2v) is 6.30. The van der Waals surface area contributed by atoms with Gasteiger partial charge in [-0.3, -0.25) is 9.48 Å². The molecule has 0 saturated heterocycles. The summed E-state index contributed by atoms with van der Waals surface area (Å²) in [5.41, 5.74) is 1.54. The first-order valence-corrected chi connectivity index (χ1v) is 8.17. The first-order chi connectivity index (χ1) is 11.1. The van der Waals surface area contributed by atoms with Crippen LogP contribution in [0.4, 0.5) is 0 Å². The van der Waals surface area contributed by atoms with E-state index in [0.717, 1.165) is 37.7 Å². The van der Waals surface area contributed by atoms with Crippen LogP contribution in [0.3, 0.4) is 0 Å². The Kier molecular flexibility index (Phi) is 4.45. The summed E-state index contributed by atoms with van der Waals surface area (Å²) in [6.07, 6.45) is 6.28. The molecule has 2 aromatic rings. The lowest BCUT2D eigenvalue weighted by Gasteiger charge is -2.13. The summed E-state index contributed by atoms with van der Waals surface area (Å²) in [7, 11) is 1.79. The van der Waals surface area contributed by atoms with Gasteiger partial charge < -0.3 is 9.73 Å². The molecular weight excluding hydrogens is 294 g/mol. The van der Waals surface area contributed by atoms with Crippen molar-refractivity contribution in [3.8, 4) is 0 Å². The smallest absolute Gasteiger partial charge is 0.270 e. The minimum atomic E-state index is -0.0424. The highest BCUT2D eigenvalue weighted by Crippen LogP contribution is 2.28. The molecule has 3 rings (SSSR count). The predicted octanol–water partition coefficient (Wildman–Crippen LogP) is 1.82. The van der Waals surface area contributed by atoms with E-state index in [1.807, 2.05) is 13.8 Å². The minimum Gasteiger partial charge on any atom is -0.425 e. The van der Waals surface area contributed by atoms with E-state index in [4.69, 9.17) is 4.42 Å². The molecule has 1 fully saturated rings. The molecule has 7 heteroatoms. The first-order valence-electron chi connectivity index (χ1n) is 8.17. The van der Waals surface area contributed by atoms with Gasteiger partial charge in [0.25, 0.3) is 5.91 Å². The second-order valence-electron chi connectivity index (χ2n) is 6.30. The quantitative estimate of drug-likeness (QED) is 0.909. The van der Waals surface area contributed by atoms with Gasteiger partial charge in [0, 0.05) is 25.9 Å². The van der Waals surface area contributed by atoms with Gasteiger partial charge in [0.2, 0.25) is 11.8 Å². The summed E-state index contributed by atoms with van der Waals surface area (Å²) in [5, 5.41) is 15.3. The van der Waals surface area contributed by atoms with E-state index in [1.165, 1.54) is 0 Å². The Morgan fingerprint density at radius 2 is 2.17 bits per heavy atom. The van der Waals surface area contributed by atoms with Crippen LogP contribution < -0.4 is 5.32 Å². The molecule has 2 heterocycles. The zero-order valence-corrected chi connectivity index (χ0v) is 13.9. The third-order valence-electron chi connectivity index (χ3n) is 4.49. The number of hydrogen-bond donors (Lipinski definition) is 1. The zero-order chi connectivity index (χ0) is 16.4. The van der Waals surface area contributed by atoms with Gasteiger partial charge in [0.05, 0.1) is 6.20 Å². The van der Waals surface area contributed by atoms with Gasteiger partial charge in [-0.2, -0.15) is 5.10 Å². The molecular formula is C16H23N5O2. The third-order valence-corrected chi connectivity index (χ3v) is 4.49. The van der Waals surface area contributed by atoms with Gasteiger partial charge in [-0.25, -0.2) is 0 Å². The van der Waals surface area contributed by atoms with Crippen molar-refractivity contribution in [2.45, 2.75) is 52.0 Å². The van der Waals surface area contributed by atoms with Crippen molar-refractivity contribution in [3.63, 3.8) is 0 Å². The lowest BCUT2D eigenvalue weighted by Crippen LogP contribution is -2.34. The molecule has 124 valence electrons. The van der Waals surface area contributed by atoms with Crippen LogP contribution in [0, 0.1) is 12.8 Å². The highest BCUT2D eigenvalue weighted by molar-refractivity contribution is 5.94. The molecule has 1 amide bonds. The molecule has 0 bridgehead atoms. The zero-order valence-electron chi connectivity index (χ0n) is 13.9. The van der Waals surface area contributed by atoms with Crippen LogP contribution in [0.5, 0.6) is 0 Å². The van der Waals surface area contributed by atoms with Gasteiger partial charge in [-0.15, -0.1) is 10.2 Å². The fourth-order valence-electron chi connectivity index (χ4n) is 3.28. The number of amides is 1. The standard InChI is InChI=1S/C16H23N5O2/c1-4-13-19-20-14(23-13)8-11-5-6-12(7-11)18-16(22)15-10(2)9-17-21(15)3/h9,11-12H,4-8H2,1-3H3,(H,18,22)/t11-,12+/m1/s1. The van der Waals surface area contributed by atoms with Crippen molar-refractivity contribution in [1.82, 2.24) is 25.3 Å². The molecule has 1 N–H and O–H groups in total. The average molecular weight is 317 g/mol. The SMILES string of the molecule is CCc1nnc(C[C@@H]2CC[C@H](NC(=O)c3c(C)cnn3C)C2)o1. The maximum atomic E-state index is 12.4. The number of nitrogens with zero attached hydrogens (tertiary/aromatic N) is 4. The maximum absolute atomic E-state index is 12.4. The van der Waals surface area contributed by atoms with E-state index in [1.54, 1.807) is 17.9 Å². The Morgan fingerprint density at radius 3 is 2.83 bits per heavy atom. The Morgan fingerprint density at radius 1 is 1.39 bits per heavy atom. The molecule has 0 radical (unpaired) electrons. The van der Waals surface area contributed by atoms with E-state index in [2.05, 4.69) is 20.6 Å². The summed E-state index contributed by atoms with van der Waals surface area (Å²) in [5.74, 6) is 1.84. The summed E-state index contributed by atoms with van der Waals surface area (Å²) in [6, 6.07) is 0.204. The maximum Gasteiger partial charge on any atom is 0.270 e.